The maximum absolute atomic E-state index is 3.81. The van der Waals surface area contributed by atoms with Crippen molar-refractivity contribution in [2.45, 2.75) is 12.3 Å². The maximum atomic E-state index is 3.81. The van der Waals surface area contributed by atoms with E-state index >= 15 is 0 Å². The molecule has 4 heteroatoms. The third kappa shape index (κ3) is 4.59. The first-order valence-corrected chi connectivity index (χ1v) is 16.9. The molecule has 6 aromatic carbocycles. The Morgan fingerprint density at radius 1 is 0.429 bits per heavy atom. The first-order valence-electron chi connectivity index (χ1n) is 13.7. The van der Waals surface area contributed by atoms with Gasteiger partial charge in [-0.2, -0.15) is 0 Å². The molecular formula is C38H24Br4. The third-order valence-electron chi connectivity index (χ3n) is 8.27. The van der Waals surface area contributed by atoms with Gasteiger partial charge >= 0.3 is 0 Å². The standard InChI is InChI=1S/C38H24Br4/c1-23-8-5-14-34-36(23)37-33(26-12-6-11-25(16-26)24-9-3-2-4-10-24)13-7-15-35(37)38(34,27-17-29(39)21-30(40)18-27)28-19-31(41)22-32(42)20-28/h2-22H,1H3. The lowest BCUT2D eigenvalue weighted by atomic mass is 9.67. The lowest BCUT2D eigenvalue weighted by molar-refractivity contribution is 0.765. The molecule has 0 unspecified atom stereocenters. The van der Waals surface area contributed by atoms with Crippen LogP contribution in [0.4, 0.5) is 0 Å². The molecule has 0 bridgehead atoms. The van der Waals surface area contributed by atoms with Crippen LogP contribution in [0, 0.1) is 6.92 Å². The van der Waals surface area contributed by atoms with Crippen molar-refractivity contribution in [2.75, 3.05) is 0 Å². The van der Waals surface area contributed by atoms with Gasteiger partial charge in [0.2, 0.25) is 0 Å². The highest BCUT2D eigenvalue weighted by Gasteiger charge is 2.48. The van der Waals surface area contributed by atoms with E-state index in [4.69, 9.17) is 0 Å². The lowest BCUT2D eigenvalue weighted by Gasteiger charge is -2.34. The van der Waals surface area contributed by atoms with Crippen molar-refractivity contribution in [3.05, 3.63) is 173 Å². The summed E-state index contributed by atoms with van der Waals surface area (Å²) in [7, 11) is 0. The van der Waals surface area contributed by atoms with Gasteiger partial charge in [0, 0.05) is 17.9 Å². The number of fused-ring (bicyclic) bond motifs is 3. The summed E-state index contributed by atoms with van der Waals surface area (Å²) in [6.45, 7) is 2.24. The minimum Gasteiger partial charge on any atom is -0.0622 e. The van der Waals surface area contributed by atoms with Crippen LogP contribution in [0.25, 0.3) is 33.4 Å². The van der Waals surface area contributed by atoms with Gasteiger partial charge in [0.05, 0.1) is 5.41 Å². The number of benzene rings is 6. The first kappa shape index (κ1) is 28.0. The van der Waals surface area contributed by atoms with Crippen LogP contribution in [0.15, 0.2) is 145 Å². The molecule has 0 heterocycles. The minimum absolute atomic E-state index is 0.539. The van der Waals surface area contributed by atoms with Crippen molar-refractivity contribution in [1.29, 1.82) is 0 Å². The highest BCUT2D eigenvalue weighted by molar-refractivity contribution is 9.11. The van der Waals surface area contributed by atoms with Gasteiger partial charge in [0.25, 0.3) is 0 Å². The molecule has 0 N–H and O–H groups in total. The summed E-state index contributed by atoms with van der Waals surface area (Å²) in [5, 5.41) is 0. The molecule has 0 fully saturated rings. The van der Waals surface area contributed by atoms with Crippen molar-refractivity contribution < 1.29 is 0 Å². The molecule has 0 nitrogen and oxygen atoms in total. The summed E-state index contributed by atoms with van der Waals surface area (Å²) in [5.41, 5.74) is 13.2. The van der Waals surface area contributed by atoms with Crippen LogP contribution in [0.5, 0.6) is 0 Å². The van der Waals surface area contributed by atoms with Gasteiger partial charge in [-0.25, -0.2) is 0 Å². The fourth-order valence-corrected chi connectivity index (χ4v) is 9.25. The predicted octanol–water partition coefficient (Wildman–Crippen LogP) is 12.7. The molecule has 7 rings (SSSR count). The average molecular weight is 800 g/mol. The van der Waals surface area contributed by atoms with E-state index in [1.165, 1.54) is 61.2 Å². The SMILES string of the molecule is Cc1cccc2c1-c1c(-c3cccc(-c4ccccc4)c3)cccc1C2(c1cc(Br)cc(Br)c1)c1cc(Br)cc(Br)c1. The largest absolute Gasteiger partial charge is 0.0715 e. The van der Waals surface area contributed by atoms with Gasteiger partial charge in [0.1, 0.15) is 0 Å². The van der Waals surface area contributed by atoms with Gasteiger partial charge in [0.15, 0.2) is 0 Å². The zero-order chi connectivity index (χ0) is 29.0. The average Bonchev–Trinajstić information content (AvgIpc) is 3.29. The highest BCUT2D eigenvalue weighted by Crippen LogP contribution is 2.60. The fourth-order valence-electron chi connectivity index (χ4n) is 6.66. The second kappa shape index (κ2) is 11.1. The van der Waals surface area contributed by atoms with Crippen LogP contribution in [-0.4, -0.2) is 0 Å². The normalized spacial score (nSPS) is 13.1. The van der Waals surface area contributed by atoms with Gasteiger partial charge < -0.3 is 0 Å². The number of hydrogen-bond donors (Lipinski definition) is 0. The maximum Gasteiger partial charge on any atom is 0.0715 e. The molecule has 0 saturated carbocycles. The third-order valence-corrected chi connectivity index (χ3v) is 10.1. The Hall–Kier alpha value is -2.76. The van der Waals surface area contributed by atoms with Crippen LogP contribution in [0.2, 0.25) is 0 Å². The van der Waals surface area contributed by atoms with Crippen molar-refractivity contribution in [3.8, 4) is 33.4 Å². The van der Waals surface area contributed by atoms with E-state index in [0.717, 1.165) is 17.9 Å². The predicted molar refractivity (Wildman–Crippen MR) is 190 cm³/mol. The van der Waals surface area contributed by atoms with Gasteiger partial charge in [-0.3, -0.25) is 0 Å². The zero-order valence-corrected chi connectivity index (χ0v) is 29.0. The summed E-state index contributed by atoms with van der Waals surface area (Å²) in [6, 6.07) is 46.4. The van der Waals surface area contributed by atoms with Crippen LogP contribution >= 0.6 is 63.7 Å². The molecule has 1 aliphatic carbocycles. The van der Waals surface area contributed by atoms with Crippen LogP contribution in [0.3, 0.4) is 0 Å². The Bertz CT molecular complexity index is 1900. The smallest absolute Gasteiger partial charge is 0.0622 e. The fraction of sp³-hybridized carbons (Fsp3) is 0.0526. The van der Waals surface area contributed by atoms with E-state index in [0.29, 0.717) is 0 Å². The number of hydrogen-bond acceptors (Lipinski definition) is 0. The molecule has 42 heavy (non-hydrogen) atoms. The van der Waals surface area contributed by atoms with Gasteiger partial charge in [-0.15, -0.1) is 0 Å². The Labute approximate surface area is 280 Å². The Morgan fingerprint density at radius 2 is 0.929 bits per heavy atom. The summed E-state index contributed by atoms with van der Waals surface area (Å²) in [6.07, 6.45) is 0. The summed E-state index contributed by atoms with van der Waals surface area (Å²) >= 11 is 15.3. The Kier molecular flexibility index (Phi) is 7.38. The number of rotatable bonds is 4. The first-order chi connectivity index (χ1) is 20.4. The van der Waals surface area contributed by atoms with Crippen molar-refractivity contribution in [3.63, 3.8) is 0 Å². The topological polar surface area (TPSA) is 0 Å². The molecule has 0 aromatic heterocycles. The van der Waals surface area contributed by atoms with E-state index in [1.807, 2.05) is 0 Å². The second-order valence-corrected chi connectivity index (χ2v) is 14.4. The number of halogens is 4. The lowest BCUT2D eigenvalue weighted by Crippen LogP contribution is -2.29. The summed E-state index contributed by atoms with van der Waals surface area (Å²) in [4.78, 5) is 0. The highest BCUT2D eigenvalue weighted by atomic mass is 79.9. The van der Waals surface area contributed by atoms with E-state index in [-0.39, 0.29) is 0 Å². The molecule has 0 radical (unpaired) electrons. The molecule has 0 saturated heterocycles. The molecule has 6 aromatic rings. The second-order valence-electron chi connectivity index (χ2n) is 10.7. The minimum atomic E-state index is -0.539. The molecule has 204 valence electrons. The van der Waals surface area contributed by atoms with Gasteiger partial charge in [-0.05, 0) is 111 Å². The zero-order valence-electron chi connectivity index (χ0n) is 22.6. The molecule has 0 aliphatic heterocycles. The molecular weight excluding hydrogens is 776 g/mol. The van der Waals surface area contributed by atoms with Crippen molar-refractivity contribution in [2.24, 2.45) is 0 Å². The van der Waals surface area contributed by atoms with E-state index in [2.05, 4.69) is 198 Å². The van der Waals surface area contributed by atoms with Gasteiger partial charge in [-0.1, -0.05) is 149 Å². The molecule has 0 spiro atoms. The van der Waals surface area contributed by atoms with E-state index in [1.54, 1.807) is 0 Å². The Balaban J connectivity index is 1.61. The van der Waals surface area contributed by atoms with Crippen LogP contribution in [-0.2, 0) is 5.41 Å². The van der Waals surface area contributed by atoms with E-state index < -0.39 is 5.41 Å². The number of aryl methyl sites for hydroxylation is 1. The van der Waals surface area contributed by atoms with Crippen LogP contribution < -0.4 is 0 Å². The monoisotopic (exact) mass is 796 g/mol. The Morgan fingerprint density at radius 3 is 1.55 bits per heavy atom. The van der Waals surface area contributed by atoms with Crippen molar-refractivity contribution in [1.82, 2.24) is 0 Å². The van der Waals surface area contributed by atoms with E-state index in [9.17, 15) is 0 Å². The summed E-state index contributed by atoms with van der Waals surface area (Å²) in [5.74, 6) is 0. The molecule has 0 atom stereocenters. The molecule has 1 aliphatic rings. The summed E-state index contributed by atoms with van der Waals surface area (Å²) < 4.78 is 4.15. The molecule has 0 amide bonds. The van der Waals surface area contributed by atoms with Crippen molar-refractivity contribution >= 4 is 63.7 Å². The van der Waals surface area contributed by atoms with Crippen LogP contribution in [0.1, 0.15) is 27.8 Å². The quantitative estimate of drug-likeness (QED) is 0.166.